The molecule has 0 saturated carbocycles. The highest BCUT2D eigenvalue weighted by Gasteiger charge is 2.58. The zero-order chi connectivity index (χ0) is 16.3. The smallest absolute Gasteiger partial charge is 0.388 e. The fourth-order valence-corrected chi connectivity index (χ4v) is 2.09. The second-order valence-electron chi connectivity index (χ2n) is 4.65. The summed E-state index contributed by atoms with van der Waals surface area (Å²) < 4.78 is 62.8. The van der Waals surface area contributed by atoms with E-state index in [9.17, 15) is 27.1 Å². The molecule has 120 valence electrons. The van der Waals surface area contributed by atoms with E-state index < -0.39 is 24.6 Å². The number of alkyl halides is 5. The molecule has 1 unspecified atom stereocenters. The average Bonchev–Trinajstić information content (AvgIpc) is 2.39. The molecule has 1 aromatic rings. The average molecular weight is 311 g/mol. The normalized spacial score (nSPS) is 14.1. The minimum atomic E-state index is -5.67. The Labute approximate surface area is 120 Å². The van der Waals surface area contributed by atoms with Gasteiger partial charge in [0.25, 0.3) is 0 Å². The van der Waals surface area contributed by atoms with Crippen molar-refractivity contribution in [2.24, 2.45) is 0 Å². The van der Waals surface area contributed by atoms with Crippen LogP contribution in [0.4, 0.5) is 27.6 Å². The molecule has 0 aliphatic heterocycles. The summed E-state index contributed by atoms with van der Waals surface area (Å²) in [5.41, 5.74) is 0.540. The standard InChI is InChI=1S/C14H18F5NO/c1-3-20(4-2)11-8-6-5-7-10(11)12(21)9-13(15,16)14(17,18)19/h5-8,12,21H,3-4,9H2,1-2H3. The van der Waals surface area contributed by atoms with Gasteiger partial charge in [-0.2, -0.15) is 22.0 Å². The first-order valence-electron chi connectivity index (χ1n) is 6.60. The summed E-state index contributed by atoms with van der Waals surface area (Å²) in [5.74, 6) is -4.93. The number of aliphatic hydroxyl groups is 1. The molecule has 0 aliphatic carbocycles. The Morgan fingerprint density at radius 1 is 1.05 bits per heavy atom. The maximum absolute atomic E-state index is 13.1. The predicted octanol–water partition coefficient (Wildman–Crippen LogP) is 4.15. The van der Waals surface area contributed by atoms with Crippen molar-refractivity contribution in [3.05, 3.63) is 29.8 Å². The number of anilines is 1. The van der Waals surface area contributed by atoms with Crippen LogP contribution in [-0.4, -0.2) is 30.3 Å². The molecule has 1 rings (SSSR count). The second-order valence-corrected chi connectivity index (χ2v) is 4.65. The van der Waals surface area contributed by atoms with E-state index in [4.69, 9.17) is 0 Å². The molecular weight excluding hydrogens is 293 g/mol. The molecule has 1 aromatic carbocycles. The Hall–Kier alpha value is -1.37. The van der Waals surface area contributed by atoms with Gasteiger partial charge in [-0.15, -0.1) is 0 Å². The fourth-order valence-electron chi connectivity index (χ4n) is 2.09. The number of benzene rings is 1. The third kappa shape index (κ3) is 4.06. The number of halogens is 5. The molecule has 1 N–H and O–H groups in total. The number of nitrogens with zero attached hydrogens (tertiary/aromatic N) is 1. The van der Waals surface area contributed by atoms with E-state index in [-0.39, 0.29) is 5.56 Å². The predicted molar refractivity (Wildman–Crippen MR) is 70.6 cm³/mol. The van der Waals surface area contributed by atoms with Gasteiger partial charge in [0.15, 0.2) is 0 Å². The lowest BCUT2D eigenvalue weighted by molar-refractivity contribution is -0.290. The van der Waals surface area contributed by atoms with E-state index in [2.05, 4.69) is 0 Å². The number of para-hydroxylation sites is 1. The first-order valence-corrected chi connectivity index (χ1v) is 6.60. The van der Waals surface area contributed by atoms with E-state index in [1.165, 1.54) is 12.1 Å². The molecule has 21 heavy (non-hydrogen) atoms. The highest BCUT2D eigenvalue weighted by atomic mass is 19.4. The highest BCUT2D eigenvalue weighted by Crippen LogP contribution is 2.42. The lowest BCUT2D eigenvalue weighted by Crippen LogP contribution is -2.38. The van der Waals surface area contributed by atoms with Crippen LogP contribution in [0.15, 0.2) is 24.3 Å². The van der Waals surface area contributed by atoms with Crippen LogP contribution in [0.3, 0.4) is 0 Å². The Balaban J connectivity index is 3.06. The van der Waals surface area contributed by atoms with E-state index >= 15 is 0 Å². The lowest BCUT2D eigenvalue weighted by atomic mass is 10.00. The number of aliphatic hydroxyl groups excluding tert-OH is 1. The largest absolute Gasteiger partial charge is 0.453 e. The van der Waals surface area contributed by atoms with Crippen LogP contribution < -0.4 is 4.90 Å². The molecule has 0 saturated heterocycles. The van der Waals surface area contributed by atoms with Gasteiger partial charge in [0, 0.05) is 24.3 Å². The summed E-state index contributed by atoms with van der Waals surface area (Å²) >= 11 is 0. The molecule has 0 spiro atoms. The van der Waals surface area contributed by atoms with Gasteiger partial charge < -0.3 is 10.0 Å². The van der Waals surface area contributed by atoms with Gasteiger partial charge in [-0.05, 0) is 19.9 Å². The van der Waals surface area contributed by atoms with Crippen molar-refractivity contribution in [1.29, 1.82) is 0 Å². The zero-order valence-corrected chi connectivity index (χ0v) is 11.8. The molecule has 2 nitrogen and oxygen atoms in total. The van der Waals surface area contributed by atoms with Gasteiger partial charge in [0.1, 0.15) is 0 Å². The minimum absolute atomic E-state index is 0.0742. The maximum atomic E-state index is 13.1. The van der Waals surface area contributed by atoms with Gasteiger partial charge in [0.2, 0.25) is 0 Å². The van der Waals surface area contributed by atoms with E-state index in [0.29, 0.717) is 18.8 Å². The van der Waals surface area contributed by atoms with Gasteiger partial charge in [-0.1, -0.05) is 18.2 Å². The number of hydrogen-bond acceptors (Lipinski definition) is 2. The topological polar surface area (TPSA) is 23.5 Å². The molecule has 0 heterocycles. The summed E-state index contributed by atoms with van der Waals surface area (Å²) in [6, 6.07) is 6.10. The second kappa shape index (κ2) is 6.60. The summed E-state index contributed by atoms with van der Waals surface area (Å²) in [4.78, 5) is 1.78. The highest BCUT2D eigenvalue weighted by molar-refractivity contribution is 5.54. The van der Waals surface area contributed by atoms with Crippen LogP contribution in [0, 0.1) is 0 Å². The van der Waals surface area contributed by atoms with Crippen molar-refractivity contribution in [3.8, 4) is 0 Å². The van der Waals surface area contributed by atoms with Gasteiger partial charge >= 0.3 is 12.1 Å². The molecule has 1 atom stereocenters. The Morgan fingerprint density at radius 2 is 1.57 bits per heavy atom. The molecular formula is C14H18F5NO. The van der Waals surface area contributed by atoms with Crippen molar-refractivity contribution in [3.63, 3.8) is 0 Å². The number of hydrogen-bond donors (Lipinski definition) is 1. The first-order chi connectivity index (χ1) is 9.64. The van der Waals surface area contributed by atoms with Crippen LogP contribution in [0.25, 0.3) is 0 Å². The SMILES string of the molecule is CCN(CC)c1ccccc1C(O)CC(F)(F)C(F)(F)F. The van der Waals surface area contributed by atoms with Crippen molar-refractivity contribution in [2.45, 2.75) is 38.5 Å². The lowest BCUT2D eigenvalue weighted by Gasteiger charge is -2.28. The Kier molecular flexibility index (Phi) is 5.55. The quantitative estimate of drug-likeness (QED) is 0.798. The third-order valence-electron chi connectivity index (χ3n) is 3.26. The monoisotopic (exact) mass is 311 g/mol. The molecule has 0 bridgehead atoms. The number of rotatable bonds is 6. The van der Waals surface area contributed by atoms with Crippen LogP contribution in [-0.2, 0) is 0 Å². The Bertz CT molecular complexity index is 457. The van der Waals surface area contributed by atoms with Gasteiger partial charge in [-0.25, -0.2) is 0 Å². The van der Waals surface area contributed by atoms with E-state index in [1.54, 1.807) is 17.0 Å². The molecule has 7 heteroatoms. The fraction of sp³-hybridized carbons (Fsp3) is 0.571. The molecule has 0 fully saturated rings. The van der Waals surface area contributed by atoms with E-state index in [1.807, 2.05) is 13.8 Å². The molecule has 0 radical (unpaired) electrons. The molecule has 0 amide bonds. The van der Waals surface area contributed by atoms with Crippen LogP contribution in [0.1, 0.15) is 31.9 Å². The van der Waals surface area contributed by atoms with Crippen LogP contribution in [0.5, 0.6) is 0 Å². The summed E-state index contributed by atoms with van der Waals surface area (Å²) in [7, 11) is 0. The first kappa shape index (κ1) is 17.7. The summed E-state index contributed by atoms with van der Waals surface area (Å²) in [6.07, 6.45) is -9.24. The van der Waals surface area contributed by atoms with Crippen molar-refractivity contribution in [1.82, 2.24) is 0 Å². The van der Waals surface area contributed by atoms with E-state index in [0.717, 1.165) is 0 Å². The molecule has 0 aromatic heterocycles. The summed E-state index contributed by atoms with van der Waals surface area (Å²) in [6.45, 7) is 4.76. The minimum Gasteiger partial charge on any atom is -0.388 e. The van der Waals surface area contributed by atoms with Crippen LogP contribution in [0.2, 0.25) is 0 Å². The van der Waals surface area contributed by atoms with Gasteiger partial charge in [0.05, 0.1) is 12.5 Å². The summed E-state index contributed by atoms with van der Waals surface area (Å²) in [5, 5.41) is 9.83. The van der Waals surface area contributed by atoms with Crippen molar-refractivity contribution < 1.29 is 27.1 Å². The Morgan fingerprint density at radius 3 is 2.05 bits per heavy atom. The van der Waals surface area contributed by atoms with Crippen molar-refractivity contribution >= 4 is 5.69 Å². The third-order valence-corrected chi connectivity index (χ3v) is 3.26. The van der Waals surface area contributed by atoms with Gasteiger partial charge in [-0.3, -0.25) is 0 Å². The molecule has 0 aliphatic rings. The van der Waals surface area contributed by atoms with Crippen molar-refractivity contribution in [2.75, 3.05) is 18.0 Å². The maximum Gasteiger partial charge on any atom is 0.453 e. The van der Waals surface area contributed by atoms with Crippen LogP contribution >= 0.6 is 0 Å². The zero-order valence-electron chi connectivity index (χ0n) is 11.8.